The summed E-state index contributed by atoms with van der Waals surface area (Å²) >= 11 is 0. The summed E-state index contributed by atoms with van der Waals surface area (Å²) in [5.74, 6) is 0. The molecule has 2 N–H and O–H groups in total. The maximum absolute atomic E-state index is 9.92. The van der Waals surface area contributed by atoms with Crippen molar-refractivity contribution in [3.8, 4) is 0 Å². The Hall–Kier alpha value is -0.860. The van der Waals surface area contributed by atoms with Crippen LogP contribution in [0.5, 0.6) is 0 Å². The van der Waals surface area contributed by atoms with Crippen molar-refractivity contribution in [1.82, 2.24) is 5.32 Å². The lowest BCUT2D eigenvalue weighted by molar-refractivity contribution is 0.0807. The lowest BCUT2D eigenvalue weighted by Gasteiger charge is -2.20. The fraction of sp³-hybridized carbons (Fsp3) is 0.571. The lowest BCUT2D eigenvalue weighted by atomic mass is 9.91. The second kappa shape index (κ2) is 4.56. The van der Waals surface area contributed by atoms with Crippen LogP contribution in [0.15, 0.2) is 18.2 Å². The quantitative estimate of drug-likeness (QED) is 0.797. The molecular formula is C14H21NO. The molecule has 0 atom stereocenters. The zero-order chi connectivity index (χ0) is 11.6. The van der Waals surface area contributed by atoms with E-state index in [1.807, 2.05) is 13.8 Å². The summed E-state index contributed by atoms with van der Waals surface area (Å²) < 4.78 is 0. The van der Waals surface area contributed by atoms with E-state index in [1.54, 1.807) is 0 Å². The molecule has 1 heterocycles. The van der Waals surface area contributed by atoms with Gasteiger partial charge >= 0.3 is 0 Å². The highest BCUT2D eigenvalue weighted by atomic mass is 16.3. The highest BCUT2D eigenvalue weighted by Gasteiger charge is 2.18. The van der Waals surface area contributed by atoms with Crippen LogP contribution in [0.3, 0.4) is 0 Å². The summed E-state index contributed by atoms with van der Waals surface area (Å²) in [6.07, 6.45) is 3.10. The molecule has 0 fully saturated rings. The van der Waals surface area contributed by atoms with Crippen molar-refractivity contribution >= 4 is 0 Å². The Kier molecular flexibility index (Phi) is 3.31. The first kappa shape index (κ1) is 11.6. The minimum atomic E-state index is -0.624. The number of fused-ring (bicyclic) bond motifs is 1. The molecular weight excluding hydrogens is 198 g/mol. The SMILES string of the molecule is CC(C)(O)Cc1cccc2c1CNCCC2. The van der Waals surface area contributed by atoms with Crippen LogP contribution in [0.25, 0.3) is 0 Å². The Morgan fingerprint density at radius 1 is 1.38 bits per heavy atom. The van der Waals surface area contributed by atoms with Gasteiger partial charge < -0.3 is 10.4 Å². The van der Waals surface area contributed by atoms with Crippen molar-refractivity contribution in [2.45, 2.75) is 45.3 Å². The molecule has 0 unspecified atom stereocenters. The summed E-state index contributed by atoms with van der Waals surface area (Å²) in [6, 6.07) is 6.48. The topological polar surface area (TPSA) is 32.3 Å². The molecule has 0 saturated heterocycles. The third-order valence-electron chi connectivity index (χ3n) is 3.09. The van der Waals surface area contributed by atoms with Gasteiger partial charge in [-0.1, -0.05) is 18.2 Å². The molecule has 16 heavy (non-hydrogen) atoms. The predicted molar refractivity (Wildman–Crippen MR) is 66.5 cm³/mol. The van der Waals surface area contributed by atoms with Crippen LogP contribution < -0.4 is 5.32 Å². The Balaban J connectivity index is 2.31. The summed E-state index contributed by atoms with van der Waals surface area (Å²) in [7, 11) is 0. The van der Waals surface area contributed by atoms with Crippen LogP contribution >= 0.6 is 0 Å². The van der Waals surface area contributed by atoms with Crippen LogP contribution in [0.2, 0.25) is 0 Å². The van der Waals surface area contributed by atoms with Crippen molar-refractivity contribution in [3.63, 3.8) is 0 Å². The average Bonchev–Trinajstić information content (AvgIpc) is 2.41. The zero-order valence-corrected chi connectivity index (χ0v) is 10.2. The van der Waals surface area contributed by atoms with Crippen molar-refractivity contribution in [2.75, 3.05) is 6.54 Å². The maximum Gasteiger partial charge on any atom is 0.0632 e. The van der Waals surface area contributed by atoms with Gasteiger partial charge in [0.15, 0.2) is 0 Å². The van der Waals surface area contributed by atoms with E-state index in [4.69, 9.17) is 0 Å². The minimum Gasteiger partial charge on any atom is -0.390 e. The molecule has 1 aliphatic rings. The molecule has 0 saturated carbocycles. The second-order valence-corrected chi connectivity index (χ2v) is 5.32. The van der Waals surface area contributed by atoms with Crippen molar-refractivity contribution in [1.29, 1.82) is 0 Å². The van der Waals surface area contributed by atoms with E-state index in [2.05, 4.69) is 23.5 Å². The summed E-state index contributed by atoms with van der Waals surface area (Å²) in [6.45, 7) is 5.78. The molecule has 0 spiro atoms. The molecule has 88 valence electrons. The molecule has 1 aromatic rings. The van der Waals surface area contributed by atoms with Crippen LogP contribution in [-0.2, 0) is 19.4 Å². The van der Waals surface area contributed by atoms with Gasteiger partial charge in [-0.15, -0.1) is 0 Å². The van der Waals surface area contributed by atoms with E-state index in [0.717, 1.165) is 25.9 Å². The average molecular weight is 219 g/mol. The van der Waals surface area contributed by atoms with E-state index in [0.29, 0.717) is 0 Å². The smallest absolute Gasteiger partial charge is 0.0632 e. The number of rotatable bonds is 2. The third kappa shape index (κ3) is 2.83. The van der Waals surface area contributed by atoms with Gasteiger partial charge in [0.1, 0.15) is 0 Å². The molecule has 2 nitrogen and oxygen atoms in total. The fourth-order valence-electron chi connectivity index (χ4n) is 2.40. The van der Waals surface area contributed by atoms with Crippen molar-refractivity contribution < 1.29 is 5.11 Å². The van der Waals surface area contributed by atoms with Gasteiger partial charge in [-0.3, -0.25) is 0 Å². The first-order valence-corrected chi connectivity index (χ1v) is 6.09. The largest absolute Gasteiger partial charge is 0.390 e. The van der Waals surface area contributed by atoms with E-state index in [9.17, 15) is 5.11 Å². The molecule has 1 aliphatic heterocycles. The molecule has 0 bridgehead atoms. The Bertz CT molecular complexity index is 365. The van der Waals surface area contributed by atoms with Crippen molar-refractivity contribution in [2.24, 2.45) is 0 Å². The highest BCUT2D eigenvalue weighted by molar-refractivity contribution is 5.36. The Morgan fingerprint density at radius 2 is 2.19 bits per heavy atom. The number of hydrogen-bond donors (Lipinski definition) is 2. The summed E-state index contributed by atoms with van der Waals surface area (Å²) in [5, 5.41) is 13.4. The molecule has 0 radical (unpaired) electrons. The lowest BCUT2D eigenvalue weighted by Crippen LogP contribution is -2.23. The maximum atomic E-state index is 9.92. The Morgan fingerprint density at radius 3 is 2.94 bits per heavy atom. The second-order valence-electron chi connectivity index (χ2n) is 5.32. The van der Waals surface area contributed by atoms with Crippen LogP contribution in [0, 0.1) is 0 Å². The zero-order valence-electron chi connectivity index (χ0n) is 10.2. The van der Waals surface area contributed by atoms with Crippen LogP contribution in [-0.4, -0.2) is 17.3 Å². The molecule has 0 aliphatic carbocycles. The van der Waals surface area contributed by atoms with Crippen molar-refractivity contribution in [3.05, 3.63) is 34.9 Å². The predicted octanol–water partition coefficient (Wildman–Crippen LogP) is 2.04. The van der Waals surface area contributed by atoms with E-state index < -0.39 is 5.60 Å². The minimum absolute atomic E-state index is 0.624. The number of aryl methyl sites for hydroxylation is 1. The molecule has 2 rings (SSSR count). The van der Waals surface area contributed by atoms with Gasteiger partial charge in [-0.05, 0) is 49.9 Å². The number of aliphatic hydroxyl groups is 1. The highest BCUT2D eigenvalue weighted by Crippen LogP contribution is 2.22. The molecule has 1 aromatic carbocycles. The molecule has 2 heteroatoms. The molecule has 0 amide bonds. The third-order valence-corrected chi connectivity index (χ3v) is 3.09. The summed E-state index contributed by atoms with van der Waals surface area (Å²) in [4.78, 5) is 0. The fourth-order valence-corrected chi connectivity index (χ4v) is 2.40. The van der Waals surface area contributed by atoms with Gasteiger partial charge in [0, 0.05) is 13.0 Å². The first-order chi connectivity index (χ1) is 7.56. The monoisotopic (exact) mass is 219 g/mol. The number of hydrogen-bond acceptors (Lipinski definition) is 2. The van der Waals surface area contributed by atoms with Gasteiger partial charge in [0.2, 0.25) is 0 Å². The van der Waals surface area contributed by atoms with Crippen LogP contribution in [0.1, 0.15) is 37.0 Å². The standard InChI is InChI=1S/C14H21NO/c1-14(2,16)9-12-6-3-5-11-7-4-8-15-10-13(11)12/h3,5-6,15-16H,4,7-10H2,1-2H3. The van der Waals surface area contributed by atoms with Gasteiger partial charge in [0.25, 0.3) is 0 Å². The van der Waals surface area contributed by atoms with Gasteiger partial charge in [-0.25, -0.2) is 0 Å². The normalized spacial score (nSPS) is 16.7. The molecule has 0 aromatic heterocycles. The number of benzene rings is 1. The van der Waals surface area contributed by atoms with E-state index in [1.165, 1.54) is 23.1 Å². The Labute approximate surface area is 97.7 Å². The van der Waals surface area contributed by atoms with Gasteiger partial charge in [0.05, 0.1) is 5.60 Å². The van der Waals surface area contributed by atoms with E-state index >= 15 is 0 Å². The van der Waals surface area contributed by atoms with Gasteiger partial charge in [-0.2, -0.15) is 0 Å². The van der Waals surface area contributed by atoms with E-state index in [-0.39, 0.29) is 0 Å². The summed E-state index contributed by atoms with van der Waals surface area (Å²) in [5.41, 5.74) is 3.52. The number of nitrogens with one attached hydrogen (secondary N) is 1. The first-order valence-electron chi connectivity index (χ1n) is 6.09. The van der Waals surface area contributed by atoms with Crippen LogP contribution in [0.4, 0.5) is 0 Å².